The minimum atomic E-state index is -0.285. The second kappa shape index (κ2) is 8.30. The Morgan fingerprint density at radius 1 is 1.00 bits per heavy atom. The molecule has 1 N–H and O–H groups in total. The van der Waals surface area contributed by atoms with Crippen LogP contribution in [0.4, 0.5) is 4.39 Å². The summed E-state index contributed by atoms with van der Waals surface area (Å²) in [5.41, 5.74) is 4.36. The molecule has 5 aromatic rings. The lowest BCUT2D eigenvalue weighted by atomic mass is 10.1. The highest BCUT2D eigenvalue weighted by atomic mass is 19.1. The van der Waals surface area contributed by atoms with Crippen LogP contribution in [0, 0.1) is 5.82 Å². The predicted molar refractivity (Wildman–Crippen MR) is 124 cm³/mol. The van der Waals surface area contributed by atoms with E-state index in [1.165, 1.54) is 17.7 Å². The zero-order chi connectivity index (χ0) is 22.1. The van der Waals surface area contributed by atoms with Crippen molar-refractivity contribution in [1.29, 1.82) is 0 Å². The van der Waals surface area contributed by atoms with E-state index in [0.717, 1.165) is 27.8 Å². The van der Waals surface area contributed by atoms with E-state index in [1.807, 2.05) is 60.3 Å². The van der Waals surface area contributed by atoms with Gasteiger partial charge in [-0.2, -0.15) is 0 Å². The van der Waals surface area contributed by atoms with Crippen molar-refractivity contribution in [2.75, 3.05) is 6.54 Å². The molecule has 0 spiro atoms. The van der Waals surface area contributed by atoms with Gasteiger partial charge in [-0.15, -0.1) is 0 Å². The normalized spacial score (nSPS) is 11.3. The number of aromatic nitrogens is 3. The summed E-state index contributed by atoms with van der Waals surface area (Å²) >= 11 is 0. The average Bonchev–Trinajstić information content (AvgIpc) is 3.32. The fourth-order valence-electron chi connectivity index (χ4n) is 4.16. The summed E-state index contributed by atoms with van der Waals surface area (Å²) in [6.07, 6.45) is 2.48. The Bertz CT molecular complexity index is 1420. The highest BCUT2D eigenvalue weighted by molar-refractivity contribution is 6.07. The first-order chi connectivity index (χ1) is 15.6. The largest absolute Gasteiger partial charge is 0.352 e. The van der Waals surface area contributed by atoms with Crippen molar-refractivity contribution in [3.05, 3.63) is 102 Å². The van der Waals surface area contributed by atoms with E-state index in [1.54, 1.807) is 6.07 Å². The SMILES string of the molecule is Cn1c(CCNC(=O)c2cn(Cc3ccccc3)c3ccccc23)nc2ccc(F)cc21. The molecule has 0 aliphatic carbocycles. The van der Waals surface area contributed by atoms with Crippen LogP contribution < -0.4 is 5.32 Å². The summed E-state index contributed by atoms with van der Waals surface area (Å²) in [6.45, 7) is 1.14. The zero-order valence-electron chi connectivity index (χ0n) is 17.8. The molecule has 160 valence electrons. The van der Waals surface area contributed by atoms with Crippen LogP contribution in [0.5, 0.6) is 0 Å². The van der Waals surface area contributed by atoms with Gasteiger partial charge >= 0.3 is 0 Å². The van der Waals surface area contributed by atoms with Gasteiger partial charge in [-0.1, -0.05) is 48.5 Å². The molecule has 0 fully saturated rings. The highest BCUT2D eigenvalue weighted by Crippen LogP contribution is 2.23. The number of rotatable bonds is 6. The predicted octanol–water partition coefficient (Wildman–Crippen LogP) is 4.69. The fourth-order valence-corrected chi connectivity index (χ4v) is 4.16. The van der Waals surface area contributed by atoms with E-state index in [9.17, 15) is 9.18 Å². The van der Waals surface area contributed by atoms with Crippen LogP contribution in [0.2, 0.25) is 0 Å². The van der Waals surface area contributed by atoms with E-state index in [0.29, 0.717) is 25.1 Å². The summed E-state index contributed by atoms with van der Waals surface area (Å²) in [6, 6.07) is 22.7. The molecule has 0 saturated carbocycles. The van der Waals surface area contributed by atoms with Crippen LogP contribution in [0.1, 0.15) is 21.7 Å². The Hall–Kier alpha value is -3.93. The third-order valence-electron chi connectivity index (χ3n) is 5.80. The number of hydrogen-bond donors (Lipinski definition) is 1. The lowest BCUT2D eigenvalue weighted by Gasteiger charge is -2.05. The minimum Gasteiger partial charge on any atom is -0.352 e. The number of para-hydroxylation sites is 1. The van der Waals surface area contributed by atoms with E-state index in [4.69, 9.17) is 0 Å². The average molecular weight is 426 g/mol. The van der Waals surface area contributed by atoms with E-state index in [-0.39, 0.29) is 11.7 Å². The molecule has 0 unspecified atom stereocenters. The molecule has 6 heteroatoms. The number of halogens is 1. The number of carbonyl (C=O) groups excluding carboxylic acids is 1. The number of carbonyl (C=O) groups is 1. The first-order valence-corrected chi connectivity index (χ1v) is 10.6. The van der Waals surface area contributed by atoms with Gasteiger partial charge in [-0.25, -0.2) is 9.37 Å². The lowest BCUT2D eigenvalue weighted by Crippen LogP contribution is -2.26. The number of hydrogen-bond acceptors (Lipinski definition) is 2. The number of benzene rings is 3. The molecule has 0 aliphatic rings. The Balaban J connectivity index is 1.34. The number of amides is 1. The lowest BCUT2D eigenvalue weighted by molar-refractivity contribution is 0.0955. The fraction of sp³-hybridized carbons (Fsp3) is 0.154. The highest BCUT2D eigenvalue weighted by Gasteiger charge is 2.15. The molecule has 32 heavy (non-hydrogen) atoms. The van der Waals surface area contributed by atoms with Crippen molar-refractivity contribution in [3.63, 3.8) is 0 Å². The molecular weight excluding hydrogens is 403 g/mol. The smallest absolute Gasteiger partial charge is 0.253 e. The second-order valence-corrected chi connectivity index (χ2v) is 7.90. The Morgan fingerprint density at radius 3 is 2.62 bits per heavy atom. The number of nitrogens with one attached hydrogen (secondary N) is 1. The molecule has 2 aromatic heterocycles. The molecule has 2 heterocycles. The third-order valence-corrected chi connectivity index (χ3v) is 5.80. The van der Waals surface area contributed by atoms with Gasteiger partial charge in [0.05, 0.1) is 16.6 Å². The molecule has 0 saturated heterocycles. The Labute approximate surface area is 185 Å². The van der Waals surface area contributed by atoms with Gasteiger partial charge in [0.2, 0.25) is 0 Å². The van der Waals surface area contributed by atoms with E-state index >= 15 is 0 Å². The maximum atomic E-state index is 13.5. The third kappa shape index (κ3) is 3.75. The second-order valence-electron chi connectivity index (χ2n) is 7.90. The minimum absolute atomic E-state index is 0.113. The van der Waals surface area contributed by atoms with Crippen LogP contribution in [0.25, 0.3) is 21.9 Å². The van der Waals surface area contributed by atoms with Crippen molar-refractivity contribution in [2.45, 2.75) is 13.0 Å². The molecule has 5 nitrogen and oxygen atoms in total. The van der Waals surface area contributed by atoms with Crippen LogP contribution in [-0.2, 0) is 20.0 Å². The van der Waals surface area contributed by atoms with Crippen molar-refractivity contribution in [1.82, 2.24) is 19.4 Å². The molecule has 0 aliphatic heterocycles. The van der Waals surface area contributed by atoms with Gasteiger partial charge < -0.3 is 14.5 Å². The summed E-state index contributed by atoms with van der Waals surface area (Å²) in [4.78, 5) is 17.6. The first-order valence-electron chi connectivity index (χ1n) is 10.6. The summed E-state index contributed by atoms with van der Waals surface area (Å²) in [5.74, 6) is 0.405. The van der Waals surface area contributed by atoms with Crippen molar-refractivity contribution < 1.29 is 9.18 Å². The molecule has 5 rings (SSSR count). The number of nitrogens with zero attached hydrogens (tertiary/aromatic N) is 3. The molecule has 0 atom stereocenters. The summed E-state index contributed by atoms with van der Waals surface area (Å²) in [7, 11) is 1.86. The Kier molecular flexibility index (Phi) is 5.19. The number of fused-ring (bicyclic) bond motifs is 2. The van der Waals surface area contributed by atoms with Gasteiger partial charge in [0.15, 0.2) is 0 Å². The van der Waals surface area contributed by atoms with Crippen LogP contribution >= 0.6 is 0 Å². The van der Waals surface area contributed by atoms with Gasteiger partial charge in [0.1, 0.15) is 11.6 Å². The monoisotopic (exact) mass is 426 g/mol. The van der Waals surface area contributed by atoms with Crippen molar-refractivity contribution >= 4 is 27.8 Å². The molecule has 0 radical (unpaired) electrons. The quantitative estimate of drug-likeness (QED) is 0.428. The van der Waals surface area contributed by atoms with Gasteiger partial charge in [-0.3, -0.25) is 4.79 Å². The topological polar surface area (TPSA) is 51.9 Å². The van der Waals surface area contributed by atoms with Gasteiger partial charge in [-0.05, 0) is 29.8 Å². The molecule has 1 amide bonds. The van der Waals surface area contributed by atoms with Crippen LogP contribution in [-0.4, -0.2) is 26.6 Å². The van der Waals surface area contributed by atoms with Crippen LogP contribution in [0.3, 0.4) is 0 Å². The summed E-state index contributed by atoms with van der Waals surface area (Å²) < 4.78 is 17.5. The van der Waals surface area contributed by atoms with E-state index in [2.05, 4.69) is 27.0 Å². The number of aryl methyl sites for hydroxylation is 1. The van der Waals surface area contributed by atoms with E-state index < -0.39 is 0 Å². The molecule has 0 bridgehead atoms. The first kappa shape index (κ1) is 20.0. The van der Waals surface area contributed by atoms with Gasteiger partial charge in [0.25, 0.3) is 5.91 Å². The molecular formula is C26H23FN4O. The van der Waals surface area contributed by atoms with Gasteiger partial charge in [0, 0.05) is 43.7 Å². The van der Waals surface area contributed by atoms with Crippen molar-refractivity contribution in [2.24, 2.45) is 7.05 Å². The maximum Gasteiger partial charge on any atom is 0.253 e. The Morgan fingerprint density at radius 2 is 1.78 bits per heavy atom. The summed E-state index contributed by atoms with van der Waals surface area (Å²) in [5, 5.41) is 3.95. The standard InChI is InChI=1S/C26H23FN4O/c1-30-24-15-19(27)11-12-22(24)29-25(30)13-14-28-26(32)21-17-31(16-18-7-3-2-4-8-18)23-10-6-5-9-20(21)23/h2-12,15,17H,13-14,16H2,1H3,(H,28,32). The maximum absolute atomic E-state index is 13.5. The van der Waals surface area contributed by atoms with Crippen molar-refractivity contribution in [3.8, 4) is 0 Å². The number of imidazole rings is 1. The van der Waals surface area contributed by atoms with Crippen LogP contribution in [0.15, 0.2) is 79.0 Å². The molecule has 3 aromatic carbocycles. The zero-order valence-corrected chi connectivity index (χ0v) is 17.8.